The second kappa shape index (κ2) is 10.7. The molecule has 0 saturated heterocycles. The zero-order chi connectivity index (χ0) is 34.5. The van der Waals surface area contributed by atoms with Gasteiger partial charge in [0.25, 0.3) is 0 Å². The summed E-state index contributed by atoms with van der Waals surface area (Å²) in [7, 11) is 0. The minimum atomic E-state index is -0.110. The molecule has 0 spiro atoms. The summed E-state index contributed by atoms with van der Waals surface area (Å²) in [5.41, 5.74) is 15.9. The van der Waals surface area contributed by atoms with Crippen LogP contribution < -0.4 is 9.80 Å². The van der Waals surface area contributed by atoms with E-state index in [0.717, 1.165) is 17.1 Å². The van der Waals surface area contributed by atoms with Crippen molar-refractivity contribution in [3.63, 3.8) is 0 Å². The number of rotatable bonds is 3. The van der Waals surface area contributed by atoms with Gasteiger partial charge in [0.15, 0.2) is 0 Å². The number of hydrogen-bond donors (Lipinski definition) is 0. The fraction of sp³-hybridized carbons (Fsp3) is 0.125. The summed E-state index contributed by atoms with van der Waals surface area (Å²) < 4.78 is 2.42. The molecule has 2 aliphatic heterocycles. The van der Waals surface area contributed by atoms with Crippen molar-refractivity contribution < 1.29 is 0 Å². The number of hydrogen-bond acceptors (Lipinski definition) is 2. The highest BCUT2D eigenvalue weighted by Gasteiger charge is 2.38. The number of nitrogens with zero attached hydrogens (tertiary/aromatic N) is 3. The Morgan fingerprint density at radius 2 is 0.667 bits per heavy atom. The van der Waals surface area contributed by atoms with E-state index in [4.69, 9.17) is 0 Å². The normalized spacial score (nSPS) is 15.3. The summed E-state index contributed by atoms with van der Waals surface area (Å²) in [5, 5.41) is 2.46. The van der Waals surface area contributed by atoms with Gasteiger partial charge < -0.3 is 14.4 Å². The zero-order valence-corrected chi connectivity index (χ0v) is 29.4. The molecule has 3 nitrogen and oxygen atoms in total. The Morgan fingerprint density at radius 1 is 0.333 bits per heavy atom. The first kappa shape index (κ1) is 29.8. The molecule has 1 aromatic heterocycles. The maximum absolute atomic E-state index is 2.46. The summed E-state index contributed by atoms with van der Waals surface area (Å²) in [5.74, 6) is 0. The van der Waals surface area contributed by atoms with E-state index in [-0.39, 0.29) is 10.8 Å². The number of benzene rings is 7. The first-order valence-corrected chi connectivity index (χ1v) is 18.0. The summed E-state index contributed by atoms with van der Waals surface area (Å²) in [6, 6.07) is 60.4. The van der Waals surface area contributed by atoms with Crippen molar-refractivity contribution in [2.75, 3.05) is 9.80 Å². The molecule has 8 aromatic rings. The van der Waals surface area contributed by atoms with Crippen LogP contribution in [-0.4, -0.2) is 4.57 Å². The molecule has 0 unspecified atom stereocenters. The van der Waals surface area contributed by atoms with Gasteiger partial charge in [-0.15, -0.1) is 0 Å². The highest BCUT2D eigenvalue weighted by atomic mass is 15.2. The highest BCUT2D eigenvalue weighted by molar-refractivity contribution is 6.12. The van der Waals surface area contributed by atoms with Crippen LogP contribution in [0.25, 0.3) is 27.5 Å². The molecule has 0 aliphatic carbocycles. The standard InChI is InChI=1S/C48H39N3/c1-47(2)37-18-8-12-22-43(37)50(44-23-13-9-19-38(44)47)33-26-28-41-35(30-33)36-31-34(27-29-42(36)49(41)32-16-6-5-7-17-32)51-45-24-14-10-20-39(45)48(3,4)40-21-11-15-25-46(40)51/h5-31H,1-4H3. The smallest absolute Gasteiger partial charge is 0.0542 e. The van der Waals surface area contributed by atoms with Crippen molar-refractivity contribution in [1.82, 2.24) is 4.57 Å². The van der Waals surface area contributed by atoms with Gasteiger partial charge in [-0.2, -0.15) is 0 Å². The van der Waals surface area contributed by atoms with Gasteiger partial charge in [0, 0.05) is 38.7 Å². The van der Waals surface area contributed by atoms with Gasteiger partial charge in [-0.05, 0) is 95.1 Å². The van der Waals surface area contributed by atoms with E-state index >= 15 is 0 Å². The maximum atomic E-state index is 2.46. The molecule has 0 bridgehead atoms. The Labute approximate surface area is 299 Å². The first-order valence-electron chi connectivity index (χ1n) is 18.0. The Hall–Kier alpha value is -6.06. The molecular weight excluding hydrogens is 619 g/mol. The molecule has 7 aromatic carbocycles. The maximum Gasteiger partial charge on any atom is 0.0542 e. The third kappa shape index (κ3) is 4.18. The molecule has 0 radical (unpaired) electrons. The predicted octanol–water partition coefficient (Wildman–Crippen LogP) is 13.0. The van der Waals surface area contributed by atoms with Crippen LogP contribution in [0.4, 0.5) is 34.1 Å². The van der Waals surface area contributed by atoms with Gasteiger partial charge in [-0.3, -0.25) is 0 Å². The average molecular weight is 658 g/mol. The van der Waals surface area contributed by atoms with Crippen LogP contribution in [0.1, 0.15) is 49.9 Å². The van der Waals surface area contributed by atoms with Crippen LogP contribution in [0.2, 0.25) is 0 Å². The summed E-state index contributed by atoms with van der Waals surface area (Å²) >= 11 is 0. The third-order valence-electron chi connectivity index (χ3n) is 11.5. The zero-order valence-electron chi connectivity index (χ0n) is 29.4. The van der Waals surface area contributed by atoms with E-state index < -0.39 is 0 Å². The van der Waals surface area contributed by atoms with Crippen molar-refractivity contribution in [2.24, 2.45) is 0 Å². The van der Waals surface area contributed by atoms with E-state index in [0.29, 0.717) is 0 Å². The summed E-state index contributed by atoms with van der Waals surface area (Å²) in [6.45, 7) is 9.38. The molecular formula is C48H39N3. The monoisotopic (exact) mass is 657 g/mol. The van der Waals surface area contributed by atoms with Gasteiger partial charge in [0.2, 0.25) is 0 Å². The number of fused-ring (bicyclic) bond motifs is 7. The van der Waals surface area contributed by atoms with Crippen molar-refractivity contribution >= 4 is 55.9 Å². The molecule has 51 heavy (non-hydrogen) atoms. The van der Waals surface area contributed by atoms with E-state index in [1.54, 1.807) is 0 Å². The lowest BCUT2D eigenvalue weighted by molar-refractivity contribution is 0.632. The van der Waals surface area contributed by atoms with Crippen molar-refractivity contribution in [3.8, 4) is 5.69 Å². The van der Waals surface area contributed by atoms with Crippen molar-refractivity contribution in [1.29, 1.82) is 0 Å². The predicted molar refractivity (Wildman–Crippen MR) is 214 cm³/mol. The molecule has 246 valence electrons. The van der Waals surface area contributed by atoms with Crippen LogP contribution in [0.3, 0.4) is 0 Å². The largest absolute Gasteiger partial charge is 0.310 e. The molecule has 3 heteroatoms. The summed E-state index contributed by atoms with van der Waals surface area (Å²) in [6.07, 6.45) is 0. The molecule has 10 rings (SSSR count). The Bertz CT molecular complexity index is 2400. The number of para-hydroxylation sites is 5. The van der Waals surface area contributed by atoms with Crippen LogP contribution in [0.15, 0.2) is 164 Å². The number of aromatic nitrogens is 1. The topological polar surface area (TPSA) is 11.4 Å². The Kier molecular flexibility index (Phi) is 6.27. The second-order valence-electron chi connectivity index (χ2n) is 15.1. The molecule has 3 heterocycles. The minimum Gasteiger partial charge on any atom is -0.310 e. The minimum absolute atomic E-state index is 0.110. The molecule has 0 N–H and O–H groups in total. The lowest BCUT2D eigenvalue weighted by Gasteiger charge is -2.42. The van der Waals surface area contributed by atoms with E-state index in [1.807, 2.05) is 0 Å². The van der Waals surface area contributed by atoms with E-state index in [2.05, 4.69) is 206 Å². The fourth-order valence-electron chi connectivity index (χ4n) is 9.03. The second-order valence-corrected chi connectivity index (χ2v) is 15.1. The van der Waals surface area contributed by atoms with Crippen molar-refractivity contribution in [3.05, 3.63) is 186 Å². The molecule has 0 saturated carbocycles. The van der Waals surface area contributed by atoms with E-state index in [1.165, 1.54) is 66.8 Å². The van der Waals surface area contributed by atoms with Gasteiger partial charge in [0.05, 0.1) is 33.8 Å². The van der Waals surface area contributed by atoms with Gasteiger partial charge in [0.1, 0.15) is 0 Å². The molecule has 0 amide bonds. The fourth-order valence-corrected chi connectivity index (χ4v) is 9.03. The molecule has 0 fully saturated rings. The van der Waals surface area contributed by atoms with Crippen LogP contribution in [0.5, 0.6) is 0 Å². The Morgan fingerprint density at radius 3 is 1.04 bits per heavy atom. The molecule has 0 atom stereocenters. The lowest BCUT2D eigenvalue weighted by atomic mass is 9.73. The van der Waals surface area contributed by atoms with Crippen molar-refractivity contribution in [2.45, 2.75) is 38.5 Å². The van der Waals surface area contributed by atoms with Crippen LogP contribution >= 0.6 is 0 Å². The SMILES string of the molecule is CC1(C)c2ccccc2N(c2ccc3c(c2)c2cc(N4c5ccccc5C(C)(C)c5ccccc54)ccc2n3-c2ccccc2)c2ccccc21. The number of anilines is 6. The first-order chi connectivity index (χ1) is 24.8. The van der Waals surface area contributed by atoms with Gasteiger partial charge >= 0.3 is 0 Å². The Balaban J connectivity index is 1.24. The third-order valence-corrected chi connectivity index (χ3v) is 11.5. The van der Waals surface area contributed by atoms with Gasteiger partial charge in [-0.1, -0.05) is 119 Å². The quantitative estimate of drug-likeness (QED) is 0.187. The van der Waals surface area contributed by atoms with Crippen LogP contribution in [-0.2, 0) is 10.8 Å². The van der Waals surface area contributed by atoms with E-state index in [9.17, 15) is 0 Å². The van der Waals surface area contributed by atoms with Gasteiger partial charge in [-0.25, -0.2) is 0 Å². The van der Waals surface area contributed by atoms with Crippen LogP contribution in [0, 0.1) is 0 Å². The molecule has 2 aliphatic rings. The average Bonchev–Trinajstić information content (AvgIpc) is 3.49. The lowest BCUT2D eigenvalue weighted by Crippen LogP contribution is -2.30. The summed E-state index contributed by atoms with van der Waals surface area (Å²) in [4.78, 5) is 4.92. The highest BCUT2D eigenvalue weighted by Crippen LogP contribution is 2.54.